The van der Waals surface area contributed by atoms with Crippen LogP contribution in [0.3, 0.4) is 0 Å². The van der Waals surface area contributed by atoms with Crippen LogP contribution >= 0.6 is 0 Å². The number of nitrogens with zero attached hydrogens (tertiary/aromatic N) is 4. The summed E-state index contributed by atoms with van der Waals surface area (Å²) in [7, 11) is 0. The van der Waals surface area contributed by atoms with Gasteiger partial charge in [-0.15, -0.1) is 10.2 Å². The van der Waals surface area contributed by atoms with Gasteiger partial charge in [0.05, 0.1) is 12.1 Å². The average molecular weight is 426 g/mol. The van der Waals surface area contributed by atoms with Gasteiger partial charge >= 0.3 is 6.18 Å². The predicted octanol–water partition coefficient (Wildman–Crippen LogP) is 3.49. The summed E-state index contributed by atoms with van der Waals surface area (Å²) in [5.41, 5.74) is -0.722. The van der Waals surface area contributed by atoms with Gasteiger partial charge in [0.25, 0.3) is 0 Å². The lowest BCUT2D eigenvalue weighted by atomic mass is 10.2. The summed E-state index contributed by atoms with van der Waals surface area (Å²) in [6, 6.07) is 4.93. The number of halogens is 3. The van der Waals surface area contributed by atoms with E-state index < -0.39 is 11.7 Å². The molecule has 0 fully saturated rings. The maximum Gasteiger partial charge on any atom is 0.416 e. The van der Waals surface area contributed by atoms with Gasteiger partial charge in [-0.1, -0.05) is 13.0 Å². The lowest BCUT2D eigenvalue weighted by Crippen LogP contribution is -2.38. The number of ether oxygens (including phenoxy) is 1. The highest BCUT2D eigenvalue weighted by atomic mass is 19.4. The number of hydrogen-bond donors (Lipinski definition) is 2. The van der Waals surface area contributed by atoms with Gasteiger partial charge in [-0.05, 0) is 44.4 Å². The monoisotopic (exact) mass is 426 g/mol. The van der Waals surface area contributed by atoms with Crippen molar-refractivity contribution in [3.8, 4) is 5.75 Å². The number of aliphatic imine (C=N–C) groups is 1. The third-order valence-electron chi connectivity index (χ3n) is 4.32. The molecule has 30 heavy (non-hydrogen) atoms. The summed E-state index contributed by atoms with van der Waals surface area (Å²) in [6.45, 7) is 6.53. The molecule has 1 aromatic carbocycles. The number of rotatable bonds is 11. The molecule has 1 aromatic heterocycles. The molecule has 0 amide bonds. The zero-order chi connectivity index (χ0) is 21.8. The van der Waals surface area contributed by atoms with Crippen LogP contribution in [0.2, 0.25) is 0 Å². The fraction of sp³-hybridized carbons (Fsp3) is 0.550. The Morgan fingerprint density at radius 3 is 2.60 bits per heavy atom. The lowest BCUT2D eigenvalue weighted by Gasteiger charge is -2.18. The van der Waals surface area contributed by atoms with Crippen molar-refractivity contribution in [3.63, 3.8) is 0 Å². The Balaban J connectivity index is 1.83. The standard InChI is InChI=1S/C20H29F3N6O/c1-3-17(30-18-9-7-8-16(12-18)20(21,22)23)13-26-19(24-4-2)25-10-5-6-11-29-14-27-28-15-29/h7-9,12,14-15,17H,3-6,10-11,13H2,1-2H3,(H2,24,25,26). The van der Waals surface area contributed by atoms with E-state index in [1.165, 1.54) is 12.1 Å². The minimum absolute atomic E-state index is 0.193. The molecule has 1 unspecified atom stereocenters. The fourth-order valence-corrected chi connectivity index (χ4v) is 2.69. The van der Waals surface area contributed by atoms with Crippen molar-refractivity contribution in [2.75, 3.05) is 19.6 Å². The normalized spacial score (nSPS) is 13.2. The number of benzene rings is 1. The van der Waals surface area contributed by atoms with Crippen molar-refractivity contribution in [2.24, 2.45) is 4.99 Å². The Hall–Kier alpha value is -2.78. The molecule has 0 aliphatic carbocycles. The maximum absolute atomic E-state index is 12.9. The van der Waals surface area contributed by atoms with Crippen LogP contribution in [0.4, 0.5) is 13.2 Å². The molecule has 0 aliphatic rings. The molecule has 0 spiro atoms. The molecule has 2 N–H and O–H groups in total. The van der Waals surface area contributed by atoms with Crippen molar-refractivity contribution in [1.82, 2.24) is 25.4 Å². The summed E-state index contributed by atoms with van der Waals surface area (Å²) in [5.74, 6) is 0.853. The molecule has 0 radical (unpaired) electrons. The summed E-state index contributed by atoms with van der Waals surface area (Å²) in [5, 5.41) is 14.0. The zero-order valence-corrected chi connectivity index (χ0v) is 17.3. The van der Waals surface area contributed by atoms with Gasteiger partial charge in [0.2, 0.25) is 0 Å². The van der Waals surface area contributed by atoms with Crippen LogP contribution in [0.15, 0.2) is 41.9 Å². The molecule has 1 atom stereocenters. The zero-order valence-electron chi connectivity index (χ0n) is 17.3. The van der Waals surface area contributed by atoms with Gasteiger partial charge in [0.1, 0.15) is 24.5 Å². The first-order chi connectivity index (χ1) is 14.4. The quantitative estimate of drug-likeness (QED) is 0.327. The molecule has 166 valence electrons. The number of guanidine groups is 1. The number of alkyl halides is 3. The first kappa shape index (κ1) is 23.5. The maximum atomic E-state index is 12.9. The first-order valence-electron chi connectivity index (χ1n) is 10.1. The number of nitrogens with one attached hydrogen (secondary N) is 2. The van der Waals surface area contributed by atoms with E-state index in [-0.39, 0.29) is 11.9 Å². The third-order valence-corrected chi connectivity index (χ3v) is 4.32. The largest absolute Gasteiger partial charge is 0.488 e. The van der Waals surface area contributed by atoms with Gasteiger partial charge < -0.3 is 19.9 Å². The number of aromatic nitrogens is 3. The van der Waals surface area contributed by atoms with Gasteiger partial charge in [0.15, 0.2) is 5.96 Å². The Kier molecular flexibility index (Phi) is 9.43. The fourth-order valence-electron chi connectivity index (χ4n) is 2.69. The highest BCUT2D eigenvalue weighted by Gasteiger charge is 2.30. The predicted molar refractivity (Wildman–Crippen MR) is 109 cm³/mol. The van der Waals surface area contributed by atoms with Gasteiger partial charge in [0, 0.05) is 19.6 Å². The second-order valence-corrected chi connectivity index (χ2v) is 6.73. The van der Waals surface area contributed by atoms with Crippen molar-refractivity contribution in [1.29, 1.82) is 0 Å². The van der Waals surface area contributed by atoms with Crippen LogP contribution in [0.1, 0.15) is 38.7 Å². The Bertz CT molecular complexity index is 764. The second-order valence-electron chi connectivity index (χ2n) is 6.73. The highest BCUT2D eigenvalue weighted by molar-refractivity contribution is 5.79. The lowest BCUT2D eigenvalue weighted by molar-refractivity contribution is -0.137. The molecule has 2 aromatic rings. The molecule has 10 heteroatoms. The highest BCUT2D eigenvalue weighted by Crippen LogP contribution is 2.31. The van der Waals surface area contributed by atoms with Crippen molar-refractivity contribution >= 4 is 5.96 Å². The molecule has 0 saturated carbocycles. The van der Waals surface area contributed by atoms with E-state index in [9.17, 15) is 13.2 Å². The molecular formula is C20H29F3N6O. The minimum atomic E-state index is -4.39. The molecule has 1 heterocycles. The minimum Gasteiger partial charge on any atom is -0.488 e. The van der Waals surface area contributed by atoms with Crippen molar-refractivity contribution < 1.29 is 17.9 Å². The Morgan fingerprint density at radius 1 is 1.17 bits per heavy atom. The smallest absolute Gasteiger partial charge is 0.416 e. The topological polar surface area (TPSA) is 76.4 Å². The molecular weight excluding hydrogens is 397 g/mol. The summed E-state index contributed by atoms with van der Waals surface area (Å²) >= 11 is 0. The molecule has 0 aliphatic heterocycles. The van der Waals surface area contributed by atoms with Crippen LogP contribution in [0, 0.1) is 0 Å². The van der Waals surface area contributed by atoms with Crippen LogP contribution in [0.5, 0.6) is 5.75 Å². The van der Waals surface area contributed by atoms with E-state index in [2.05, 4.69) is 25.8 Å². The van der Waals surface area contributed by atoms with Crippen LogP contribution in [-0.4, -0.2) is 46.5 Å². The summed E-state index contributed by atoms with van der Waals surface area (Å²) < 4.78 is 46.3. The van der Waals surface area contributed by atoms with Crippen LogP contribution in [0.25, 0.3) is 0 Å². The SMILES string of the molecule is CCNC(=NCC(CC)Oc1cccc(C(F)(F)F)c1)NCCCCn1cnnc1. The summed E-state index contributed by atoms with van der Waals surface area (Å²) in [4.78, 5) is 4.52. The molecule has 7 nitrogen and oxygen atoms in total. The van der Waals surface area contributed by atoms with Gasteiger partial charge in [-0.25, -0.2) is 4.99 Å². The van der Waals surface area contributed by atoms with Gasteiger partial charge in [-0.3, -0.25) is 0 Å². The Morgan fingerprint density at radius 2 is 1.93 bits per heavy atom. The Labute approximate surface area is 174 Å². The molecule has 0 bridgehead atoms. The number of unbranched alkanes of at least 4 members (excludes halogenated alkanes) is 1. The second kappa shape index (κ2) is 12.0. The van der Waals surface area contributed by atoms with E-state index in [0.717, 1.165) is 38.1 Å². The van der Waals surface area contributed by atoms with E-state index in [1.54, 1.807) is 12.7 Å². The van der Waals surface area contributed by atoms with Crippen LogP contribution in [-0.2, 0) is 12.7 Å². The first-order valence-corrected chi connectivity index (χ1v) is 10.1. The van der Waals surface area contributed by atoms with Crippen LogP contribution < -0.4 is 15.4 Å². The van der Waals surface area contributed by atoms with Crippen molar-refractivity contribution in [2.45, 2.75) is 51.9 Å². The van der Waals surface area contributed by atoms with E-state index in [1.807, 2.05) is 18.4 Å². The van der Waals surface area contributed by atoms with E-state index >= 15 is 0 Å². The number of aryl methyl sites for hydroxylation is 1. The van der Waals surface area contributed by atoms with E-state index in [0.29, 0.717) is 25.5 Å². The average Bonchev–Trinajstić information content (AvgIpc) is 3.23. The van der Waals surface area contributed by atoms with E-state index in [4.69, 9.17) is 4.74 Å². The van der Waals surface area contributed by atoms with Crippen molar-refractivity contribution in [3.05, 3.63) is 42.5 Å². The summed E-state index contributed by atoms with van der Waals surface area (Å²) in [6.07, 6.45) is 1.20. The molecule has 2 rings (SSSR count). The van der Waals surface area contributed by atoms with Gasteiger partial charge in [-0.2, -0.15) is 13.2 Å². The number of hydrogen-bond acceptors (Lipinski definition) is 4. The molecule has 0 saturated heterocycles. The third kappa shape index (κ3) is 8.30.